The van der Waals surface area contributed by atoms with Crippen LogP contribution < -0.4 is 5.43 Å². The van der Waals surface area contributed by atoms with Crippen LogP contribution in [-0.2, 0) is 6.42 Å². The zero-order chi connectivity index (χ0) is 9.64. The van der Waals surface area contributed by atoms with Gasteiger partial charge in [0.05, 0.1) is 0 Å². The molecule has 0 saturated carbocycles. The van der Waals surface area contributed by atoms with Crippen molar-refractivity contribution in [3.8, 4) is 0 Å². The molecule has 1 aliphatic heterocycles. The Labute approximate surface area is 89.9 Å². The van der Waals surface area contributed by atoms with E-state index in [-0.39, 0.29) is 0 Å². The summed E-state index contributed by atoms with van der Waals surface area (Å²) in [7, 11) is 0. The average Bonchev–Trinajstić information content (AvgIpc) is 2.72. The molecule has 1 aromatic rings. The van der Waals surface area contributed by atoms with E-state index in [4.69, 9.17) is 0 Å². The third-order valence-corrected chi connectivity index (χ3v) is 3.42. The lowest BCUT2D eigenvalue weighted by molar-refractivity contribution is 0.155. The van der Waals surface area contributed by atoms with Crippen LogP contribution in [0.1, 0.15) is 24.8 Å². The van der Waals surface area contributed by atoms with Crippen LogP contribution in [0.5, 0.6) is 0 Å². The van der Waals surface area contributed by atoms with E-state index in [0.29, 0.717) is 0 Å². The zero-order valence-corrected chi connectivity index (χ0v) is 9.35. The molecule has 0 bridgehead atoms. The highest BCUT2D eigenvalue weighted by molar-refractivity contribution is 7.07. The van der Waals surface area contributed by atoms with Crippen LogP contribution in [0.3, 0.4) is 0 Å². The molecular weight excluding hydrogens is 192 g/mol. The summed E-state index contributed by atoms with van der Waals surface area (Å²) >= 11 is 1.78. The standard InChI is InChI=1S/C11H18N2S/c1-2-7-13(8-3-1)12-6-4-11-5-9-14-10-11/h5,9-10,12H,1-4,6-8H2. The Hall–Kier alpha value is -0.380. The van der Waals surface area contributed by atoms with Gasteiger partial charge in [0.25, 0.3) is 0 Å². The summed E-state index contributed by atoms with van der Waals surface area (Å²) in [5, 5.41) is 6.75. The van der Waals surface area contributed by atoms with Crippen molar-refractivity contribution in [3.05, 3.63) is 22.4 Å². The number of hydrogen-bond donors (Lipinski definition) is 1. The Bertz CT molecular complexity index is 240. The van der Waals surface area contributed by atoms with Crippen molar-refractivity contribution < 1.29 is 0 Å². The number of nitrogens with one attached hydrogen (secondary N) is 1. The summed E-state index contributed by atoms with van der Waals surface area (Å²) in [4.78, 5) is 0. The van der Waals surface area contributed by atoms with Gasteiger partial charge in [-0.3, -0.25) is 5.43 Å². The van der Waals surface area contributed by atoms with Crippen molar-refractivity contribution in [2.24, 2.45) is 0 Å². The lowest BCUT2D eigenvalue weighted by atomic mass is 10.2. The molecule has 2 heterocycles. The predicted octanol–water partition coefficient (Wildman–Crippen LogP) is 2.28. The number of piperidine rings is 1. The molecule has 0 aromatic carbocycles. The van der Waals surface area contributed by atoms with Crippen molar-refractivity contribution in [2.45, 2.75) is 25.7 Å². The topological polar surface area (TPSA) is 15.3 Å². The number of thiophene rings is 1. The van der Waals surface area contributed by atoms with E-state index < -0.39 is 0 Å². The Morgan fingerprint density at radius 2 is 2.14 bits per heavy atom. The molecule has 14 heavy (non-hydrogen) atoms. The number of hydrazine groups is 1. The number of rotatable bonds is 4. The van der Waals surface area contributed by atoms with Crippen molar-refractivity contribution in [1.29, 1.82) is 0 Å². The highest BCUT2D eigenvalue weighted by Crippen LogP contribution is 2.07. The van der Waals surface area contributed by atoms with Crippen LogP contribution in [0.2, 0.25) is 0 Å². The summed E-state index contributed by atoms with van der Waals surface area (Å²) in [5.41, 5.74) is 4.96. The summed E-state index contributed by atoms with van der Waals surface area (Å²) < 4.78 is 0. The first-order valence-corrected chi connectivity index (χ1v) is 6.39. The molecule has 0 aliphatic carbocycles. The molecule has 1 aliphatic rings. The SMILES string of the molecule is c1cc(CCNN2CCCCC2)cs1. The third-order valence-electron chi connectivity index (χ3n) is 2.69. The quantitative estimate of drug-likeness (QED) is 0.820. The molecule has 2 rings (SSSR count). The fourth-order valence-electron chi connectivity index (χ4n) is 1.85. The largest absolute Gasteiger partial charge is 0.255 e. The van der Waals surface area contributed by atoms with Gasteiger partial charge in [-0.1, -0.05) is 6.42 Å². The summed E-state index contributed by atoms with van der Waals surface area (Å²) in [6.45, 7) is 3.53. The lowest BCUT2D eigenvalue weighted by Gasteiger charge is -2.26. The third kappa shape index (κ3) is 3.08. The molecule has 0 atom stereocenters. The van der Waals surface area contributed by atoms with Gasteiger partial charge in [-0.25, -0.2) is 5.01 Å². The molecular formula is C11H18N2S. The Balaban J connectivity index is 1.62. The van der Waals surface area contributed by atoms with Gasteiger partial charge in [-0.15, -0.1) is 0 Å². The molecule has 0 radical (unpaired) electrons. The second-order valence-corrected chi connectivity index (χ2v) is 4.62. The molecule has 0 unspecified atom stereocenters. The minimum atomic E-state index is 1.08. The van der Waals surface area contributed by atoms with Crippen molar-refractivity contribution in [1.82, 2.24) is 10.4 Å². The second-order valence-electron chi connectivity index (χ2n) is 3.84. The summed E-state index contributed by atoms with van der Waals surface area (Å²) in [6.07, 6.45) is 5.26. The van der Waals surface area contributed by atoms with Gasteiger partial charge in [-0.2, -0.15) is 11.3 Å². The lowest BCUT2D eigenvalue weighted by Crippen LogP contribution is -2.42. The van der Waals surface area contributed by atoms with Crippen LogP contribution in [-0.4, -0.2) is 24.6 Å². The van der Waals surface area contributed by atoms with E-state index >= 15 is 0 Å². The maximum Gasteiger partial charge on any atom is 0.0143 e. The molecule has 78 valence electrons. The smallest absolute Gasteiger partial charge is 0.0143 e. The van der Waals surface area contributed by atoms with E-state index in [1.165, 1.54) is 37.9 Å². The Morgan fingerprint density at radius 3 is 2.86 bits per heavy atom. The van der Waals surface area contributed by atoms with Gasteiger partial charge in [0.1, 0.15) is 0 Å². The molecule has 0 spiro atoms. The van der Waals surface area contributed by atoms with Gasteiger partial charge in [0.2, 0.25) is 0 Å². The van der Waals surface area contributed by atoms with Crippen LogP contribution >= 0.6 is 11.3 Å². The van der Waals surface area contributed by atoms with E-state index in [9.17, 15) is 0 Å². The molecule has 1 aromatic heterocycles. The summed E-state index contributed by atoms with van der Waals surface area (Å²) in [5.74, 6) is 0. The van der Waals surface area contributed by atoms with Gasteiger partial charge in [0.15, 0.2) is 0 Å². The molecule has 1 saturated heterocycles. The van der Waals surface area contributed by atoms with Crippen LogP contribution in [0, 0.1) is 0 Å². The Kier molecular flexibility index (Phi) is 3.98. The minimum Gasteiger partial charge on any atom is -0.255 e. The maximum atomic E-state index is 3.50. The molecule has 1 N–H and O–H groups in total. The van der Waals surface area contributed by atoms with E-state index in [1.807, 2.05) is 0 Å². The van der Waals surface area contributed by atoms with Crippen molar-refractivity contribution in [3.63, 3.8) is 0 Å². The molecule has 0 amide bonds. The maximum absolute atomic E-state index is 3.50. The zero-order valence-electron chi connectivity index (χ0n) is 8.54. The monoisotopic (exact) mass is 210 g/mol. The second kappa shape index (κ2) is 5.49. The fourth-order valence-corrected chi connectivity index (χ4v) is 2.55. The van der Waals surface area contributed by atoms with Crippen LogP contribution in [0.4, 0.5) is 0 Å². The first-order valence-electron chi connectivity index (χ1n) is 5.45. The van der Waals surface area contributed by atoms with Crippen molar-refractivity contribution in [2.75, 3.05) is 19.6 Å². The number of nitrogens with zero attached hydrogens (tertiary/aromatic N) is 1. The molecule has 2 nitrogen and oxygen atoms in total. The van der Waals surface area contributed by atoms with E-state index in [1.54, 1.807) is 11.3 Å². The fraction of sp³-hybridized carbons (Fsp3) is 0.636. The summed E-state index contributed by atoms with van der Waals surface area (Å²) in [6, 6.07) is 2.21. The van der Waals surface area contributed by atoms with Gasteiger partial charge in [0, 0.05) is 19.6 Å². The van der Waals surface area contributed by atoms with Crippen LogP contribution in [0.15, 0.2) is 16.8 Å². The first-order chi connectivity index (χ1) is 6.95. The van der Waals surface area contributed by atoms with Gasteiger partial charge < -0.3 is 0 Å². The minimum absolute atomic E-state index is 1.08. The van der Waals surface area contributed by atoms with E-state index in [0.717, 1.165) is 13.0 Å². The highest BCUT2D eigenvalue weighted by atomic mass is 32.1. The first kappa shape index (κ1) is 10.1. The molecule has 3 heteroatoms. The van der Waals surface area contributed by atoms with Gasteiger partial charge in [-0.05, 0) is 41.7 Å². The highest BCUT2D eigenvalue weighted by Gasteiger charge is 2.08. The average molecular weight is 210 g/mol. The Morgan fingerprint density at radius 1 is 1.29 bits per heavy atom. The number of hydrogen-bond acceptors (Lipinski definition) is 3. The van der Waals surface area contributed by atoms with E-state index in [2.05, 4.69) is 27.3 Å². The predicted molar refractivity (Wildman–Crippen MR) is 61.4 cm³/mol. The van der Waals surface area contributed by atoms with Crippen molar-refractivity contribution >= 4 is 11.3 Å². The molecule has 1 fully saturated rings. The normalized spacial score (nSPS) is 18.6. The van der Waals surface area contributed by atoms with Crippen LogP contribution in [0.25, 0.3) is 0 Å². The van der Waals surface area contributed by atoms with Gasteiger partial charge >= 0.3 is 0 Å².